The number of nitrogens with zero attached hydrogens (tertiary/aromatic N) is 3. The first-order valence-corrected chi connectivity index (χ1v) is 33.3. The van der Waals surface area contributed by atoms with Gasteiger partial charge in [0.25, 0.3) is 5.88 Å². The molecule has 4 atom stereocenters. The molecule has 0 aromatic carbocycles. The summed E-state index contributed by atoms with van der Waals surface area (Å²) in [4.78, 5) is 51.9. The predicted octanol–water partition coefficient (Wildman–Crippen LogP) is 18.0. The van der Waals surface area contributed by atoms with E-state index in [-0.39, 0.29) is 61.6 Å². The van der Waals surface area contributed by atoms with Crippen molar-refractivity contribution in [1.29, 1.82) is 0 Å². The summed E-state index contributed by atoms with van der Waals surface area (Å²) in [6.45, 7) is 14.9. The van der Waals surface area contributed by atoms with Crippen molar-refractivity contribution in [2.75, 3.05) is 40.0 Å². The normalized spacial score (nSPS) is 15.7. The lowest BCUT2D eigenvalue weighted by Gasteiger charge is -2.41. The summed E-state index contributed by atoms with van der Waals surface area (Å²) in [5, 5.41) is 0. The van der Waals surface area contributed by atoms with Crippen LogP contribution < -0.4 is 4.74 Å². The lowest BCUT2D eigenvalue weighted by molar-refractivity contribution is -0.944. The topological polar surface area (TPSA) is 140 Å². The number of rotatable bonds is 53. The first kappa shape index (κ1) is 71.0. The number of hydrogen-bond acceptors (Lipinski definition) is 12. The molecule has 3 unspecified atom stereocenters. The van der Waals surface area contributed by atoms with Crippen molar-refractivity contribution in [2.45, 2.75) is 317 Å². The number of likely N-dealkylation sites (N-methyl/N-ethyl adjacent to an activating group) is 1. The Morgan fingerprint density at radius 2 is 0.910 bits per heavy atom. The Hall–Kier alpha value is -3.06. The van der Waals surface area contributed by atoms with Gasteiger partial charge in [-0.25, -0.2) is 0 Å². The van der Waals surface area contributed by atoms with Crippen LogP contribution in [0.5, 0.6) is 5.88 Å². The monoisotopic (exact) mass is 1120 g/mol. The highest BCUT2D eigenvalue weighted by atomic mass is 32.1. The zero-order valence-electron chi connectivity index (χ0n) is 51.3. The number of hydrogen-bond donors (Lipinski definition) is 0. The quantitative estimate of drug-likeness (QED) is 0.0266. The third-order valence-electron chi connectivity index (χ3n) is 16.0. The molecule has 452 valence electrons. The van der Waals surface area contributed by atoms with E-state index in [4.69, 9.17) is 23.7 Å². The molecule has 0 bridgehead atoms. The molecule has 0 saturated carbocycles. The standard InChI is InChI=1S/C65H118N3O9S/c1-8-11-14-17-19-21-23-25-27-29-31-33-39-46-60(69)74-53-59(54-75-61(70)47-40-34-32-30-28-26-24-22-20-18-15-12-9-2)77-63(72)51-56(5)44-38-36-35-37-43-55(4)50-62(71)76-57(6)68(7)48-42-45-58(52-68)64-65(67-78-66-64)73-49-41-16-13-10-3/h45,55-57,59H,8-44,46-54H2,1-7H3/q+1/t55?,56?,57-,68?/m0/s1. The van der Waals surface area contributed by atoms with E-state index in [0.29, 0.717) is 42.8 Å². The van der Waals surface area contributed by atoms with E-state index >= 15 is 0 Å². The van der Waals surface area contributed by atoms with Crippen molar-refractivity contribution >= 4 is 41.2 Å². The van der Waals surface area contributed by atoms with Crippen molar-refractivity contribution in [2.24, 2.45) is 11.8 Å². The molecule has 2 rings (SSSR count). The van der Waals surface area contributed by atoms with Gasteiger partial charge in [0.05, 0.1) is 31.9 Å². The van der Waals surface area contributed by atoms with Crippen molar-refractivity contribution in [3.63, 3.8) is 0 Å². The molecular formula is C65H118N3O9S+. The highest BCUT2D eigenvalue weighted by molar-refractivity contribution is 6.99. The molecule has 2 heterocycles. The van der Waals surface area contributed by atoms with Crippen molar-refractivity contribution in [1.82, 2.24) is 8.75 Å². The minimum atomic E-state index is -0.830. The van der Waals surface area contributed by atoms with Gasteiger partial charge in [-0.3, -0.25) is 23.7 Å². The van der Waals surface area contributed by atoms with E-state index in [1.165, 1.54) is 153 Å². The molecule has 1 aliphatic rings. The summed E-state index contributed by atoms with van der Waals surface area (Å²) >= 11 is 1.18. The molecule has 0 radical (unpaired) electrons. The SMILES string of the molecule is CCCCCCCCCCCCCCCC(=O)OCC(COC(=O)CCCCCCCCCCCCCCC)OC(=O)CC(C)CCCCCCC(C)CC(=O)O[C@@H](C)[N+]1(C)CCC=C(c2nsnc2OCCCCCC)C1. The molecule has 1 aromatic rings. The summed E-state index contributed by atoms with van der Waals surface area (Å²) in [6, 6.07) is 0. The first-order chi connectivity index (χ1) is 37.9. The molecule has 0 saturated heterocycles. The number of quaternary nitrogens is 1. The smallest absolute Gasteiger partial charge is 0.310 e. The van der Waals surface area contributed by atoms with Crippen LogP contribution in [0, 0.1) is 11.8 Å². The van der Waals surface area contributed by atoms with Crippen LogP contribution in [-0.4, -0.2) is 89.4 Å². The summed E-state index contributed by atoms with van der Waals surface area (Å²) in [5.74, 6) is -0.148. The molecular weight excluding hydrogens is 999 g/mol. The molecule has 12 nitrogen and oxygen atoms in total. The lowest BCUT2D eigenvalue weighted by atomic mass is 9.96. The van der Waals surface area contributed by atoms with Crippen LogP contribution in [0.15, 0.2) is 6.08 Å². The van der Waals surface area contributed by atoms with E-state index in [9.17, 15) is 19.2 Å². The number of carbonyl (C=O) groups is 4. The fourth-order valence-electron chi connectivity index (χ4n) is 10.6. The van der Waals surface area contributed by atoms with E-state index in [0.717, 1.165) is 114 Å². The predicted molar refractivity (Wildman–Crippen MR) is 321 cm³/mol. The average molecular weight is 1120 g/mol. The summed E-state index contributed by atoms with van der Waals surface area (Å²) in [7, 11) is 2.15. The highest BCUT2D eigenvalue weighted by Crippen LogP contribution is 2.32. The average Bonchev–Trinajstić information content (AvgIpc) is 3.89. The third kappa shape index (κ3) is 37.0. The maximum absolute atomic E-state index is 13.2. The Morgan fingerprint density at radius 3 is 1.36 bits per heavy atom. The van der Waals surface area contributed by atoms with Crippen LogP contribution in [0.2, 0.25) is 0 Å². The fraction of sp³-hybridized carbons (Fsp3) is 0.877. The van der Waals surface area contributed by atoms with E-state index in [1.807, 2.05) is 6.92 Å². The molecule has 0 spiro atoms. The second-order valence-electron chi connectivity index (χ2n) is 23.9. The van der Waals surface area contributed by atoms with E-state index in [2.05, 4.69) is 56.5 Å². The van der Waals surface area contributed by atoms with Gasteiger partial charge in [0.1, 0.15) is 25.5 Å². The van der Waals surface area contributed by atoms with E-state index in [1.54, 1.807) is 0 Å². The molecule has 78 heavy (non-hydrogen) atoms. The number of carbonyl (C=O) groups excluding carboxylic acids is 4. The van der Waals surface area contributed by atoms with Crippen LogP contribution in [-0.2, 0) is 38.1 Å². The third-order valence-corrected chi connectivity index (χ3v) is 16.6. The van der Waals surface area contributed by atoms with Crippen molar-refractivity contribution < 1.29 is 47.3 Å². The maximum atomic E-state index is 13.2. The van der Waals surface area contributed by atoms with Crippen molar-refractivity contribution in [3.05, 3.63) is 11.8 Å². The van der Waals surface area contributed by atoms with Gasteiger partial charge in [0, 0.05) is 44.6 Å². The highest BCUT2D eigenvalue weighted by Gasteiger charge is 2.37. The van der Waals surface area contributed by atoms with Gasteiger partial charge in [-0.1, -0.05) is 253 Å². The van der Waals surface area contributed by atoms with Gasteiger partial charge < -0.3 is 23.7 Å². The molecule has 13 heteroatoms. The van der Waals surface area contributed by atoms with Crippen LogP contribution in [0.1, 0.15) is 310 Å². The van der Waals surface area contributed by atoms with Gasteiger partial charge >= 0.3 is 23.9 Å². The first-order valence-electron chi connectivity index (χ1n) is 32.6. The van der Waals surface area contributed by atoms with E-state index < -0.39 is 6.10 Å². The molecule has 0 fully saturated rings. The molecule has 1 aromatic heterocycles. The Labute approximate surface area is 481 Å². The molecule has 1 aliphatic heterocycles. The molecule has 0 aliphatic carbocycles. The van der Waals surface area contributed by atoms with Gasteiger partial charge in [0.2, 0.25) is 6.23 Å². The zero-order chi connectivity index (χ0) is 56.7. The summed E-state index contributed by atoms with van der Waals surface area (Å²) < 4.78 is 38.8. The Kier molecular flexibility index (Phi) is 43.3. The number of esters is 4. The van der Waals surface area contributed by atoms with Gasteiger partial charge in [-0.05, 0) is 31.1 Å². The van der Waals surface area contributed by atoms with Crippen molar-refractivity contribution in [3.8, 4) is 5.88 Å². The zero-order valence-corrected chi connectivity index (χ0v) is 52.2. The lowest BCUT2D eigenvalue weighted by Crippen LogP contribution is -2.55. The minimum Gasteiger partial charge on any atom is -0.475 e. The van der Waals surface area contributed by atoms with Gasteiger partial charge in [-0.2, -0.15) is 4.37 Å². The second kappa shape index (κ2) is 47.6. The molecule has 0 N–H and O–H groups in total. The van der Waals surface area contributed by atoms with Crippen LogP contribution in [0.3, 0.4) is 0 Å². The second-order valence-corrected chi connectivity index (χ2v) is 24.4. The number of aromatic nitrogens is 2. The van der Waals surface area contributed by atoms with Crippen LogP contribution in [0.4, 0.5) is 0 Å². The fourth-order valence-corrected chi connectivity index (χ4v) is 11.2. The van der Waals surface area contributed by atoms with Crippen LogP contribution >= 0.6 is 11.7 Å². The summed E-state index contributed by atoms with van der Waals surface area (Å²) in [6.07, 6.45) is 46.0. The van der Waals surface area contributed by atoms with Gasteiger partial charge in [-0.15, -0.1) is 4.37 Å². The van der Waals surface area contributed by atoms with Crippen LogP contribution in [0.25, 0.3) is 5.57 Å². The Balaban J connectivity index is 1.69. The largest absolute Gasteiger partial charge is 0.475 e. The Bertz CT molecular complexity index is 1640. The number of unbranched alkanes of at least 4 members (excludes halogenated alkanes) is 30. The molecule has 0 amide bonds. The number of ether oxygens (including phenoxy) is 5. The maximum Gasteiger partial charge on any atom is 0.310 e. The van der Waals surface area contributed by atoms with Gasteiger partial charge in [0.15, 0.2) is 6.10 Å². The Morgan fingerprint density at radius 1 is 0.513 bits per heavy atom. The minimum absolute atomic E-state index is 0.113. The summed E-state index contributed by atoms with van der Waals surface area (Å²) in [5.41, 5.74) is 1.93.